The third-order valence-electron chi connectivity index (χ3n) is 5.44. The van der Waals surface area contributed by atoms with Crippen molar-refractivity contribution in [1.82, 2.24) is 30.4 Å². The van der Waals surface area contributed by atoms with Crippen LogP contribution < -0.4 is 10.6 Å². The molecule has 12 heteroatoms. The number of ether oxygens (including phenoxy) is 1. The summed E-state index contributed by atoms with van der Waals surface area (Å²) in [4.78, 5) is 31.9. The molecule has 34 heavy (non-hydrogen) atoms. The standard InChI is InChI=1S/C19H23N7O2.C3H6O3/c27-19(21-13-2-3-13)24-16-10-20-25-17(16)18-22-14-4-1-12(9-15(14)23-18)11-26-5-7-28-8-6-26;1-2(4)3(5)6/h1,4,9-10,13H,2-3,5-8,11H2,(H,20,25)(H,22,23)(H2,21,24,27);2,4H,1H3,(H,5,6). The minimum absolute atomic E-state index is 0.214. The molecule has 0 bridgehead atoms. The number of aromatic amines is 2. The van der Waals surface area contributed by atoms with Crippen LogP contribution in [-0.4, -0.2) is 85.7 Å². The number of nitrogens with one attached hydrogen (secondary N) is 4. The number of carboxylic acid groups (broad SMARTS) is 1. The molecule has 2 amide bonds. The number of nitrogens with zero attached hydrogens (tertiary/aromatic N) is 3. The van der Waals surface area contributed by atoms with Gasteiger partial charge in [0.1, 0.15) is 6.10 Å². The zero-order valence-electron chi connectivity index (χ0n) is 18.9. The molecule has 5 rings (SSSR count). The maximum absolute atomic E-state index is 12.0. The molecule has 2 fully saturated rings. The van der Waals surface area contributed by atoms with Gasteiger partial charge in [0, 0.05) is 31.9 Å². The van der Waals surface area contributed by atoms with Crippen LogP contribution in [0.5, 0.6) is 0 Å². The van der Waals surface area contributed by atoms with E-state index in [1.807, 2.05) is 6.07 Å². The fourth-order valence-electron chi connectivity index (χ4n) is 3.42. The summed E-state index contributed by atoms with van der Waals surface area (Å²) in [6, 6.07) is 6.35. The second-order valence-electron chi connectivity index (χ2n) is 8.36. The first-order valence-electron chi connectivity index (χ1n) is 11.2. The Hall–Kier alpha value is -3.48. The topological polar surface area (TPSA) is 168 Å². The number of imidazole rings is 1. The summed E-state index contributed by atoms with van der Waals surface area (Å²) in [5, 5.41) is 28.6. The van der Waals surface area contributed by atoms with Gasteiger partial charge < -0.3 is 30.6 Å². The molecule has 12 nitrogen and oxygen atoms in total. The highest BCUT2D eigenvalue weighted by Crippen LogP contribution is 2.26. The van der Waals surface area contributed by atoms with Crippen LogP contribution in [0.4, 0.5) is 10.5 Å². The predicted octanol–water partition coefficient (Wildman–Crippen LogP) is 1.52. The van der Waals surface area contributed by atoms with Crippen molar-refractivity contribution >= 4 is 28.7 Å². The summed E-state index contributed by atoms with van der Waals surface area (Å²) in [5.74, 6) is -0.559. The zero-order chi connectivity index (χ0) is 24.1. The van der Waals surface area contributed by atoms with E-state index in [2.05, 4.69) is 42.8 Å². The van der Waals surface area contributed by atoms with E-state index in [1.165, 1.54) is 12.5 Å². The number of carboxylic acids is 1. The fraction of sp³-hybridized carbons (Fsp3) is 0.455. The largest absolute Gasteiger partial charge is 0.479 e. The lowest BCUT2D eigenvalue weighted by Gasteiger charge is -2.26. The van der Waals surface area contributed by atoms with Crippen molar-refractivity contribution in [3.63, 3.8) is 0 Å². The molecule has 0 spiro atoms. The monoisotopic (exact) mass is 471 g/mol. The Balaban J connectivity index is 0.000000408. The van der Waals surface area contributed by atoms with E-state index in [1.54, 1.807) is 6.20 Å². The number of aliphatic hydroxyl groups excluding tert-OH is 1. The highest BCUT2D eigenvalue weighted by molar-refractivity contribution is 5.93. The van der Waals surface area contributed by atoms with Crippen molar-refractivity contribution in [1.29, 1.82) is 0 Å². The van der Waals surface area contributed by atoms with Crippen LogP contribution >= 0.6 is 0 Å². The number of carbonyl (C=O) groups is 2. The Kier molecular flexibility index (Phi) is 7.40. The number of H-pyrrole nitrogens is 2. The number of morpholine rings is 1. The number of amides is 2. The van der Waals surface area contributed by atoms with Crippen LogP contribution in [0.25, 0.3) is 22.6 Å². The summed E-state index contributed by atoms with van der Waals surface area (Å²) < 4.78 is 5.41. The smallest absolute Gasteiger partial charge is 0.332 e. The normalized spacial score (nSPS) is 17.0. The number of fused-ring (bicyclic) bond motifs is 1. The first-order chi connectivity index (χ1) is 16.4. The second kappa shape index (κ2) is 10.6. The van der Waals surface area contributed by atoms with E-state index in [9.17, 15) is 9.59 Å². The first kappa shape index (κ1) is 23.7. The molecule has 1 unspecified atom stereocenters. The number of hydrogen-bond donors (Lipinski definition) is 6. The van der Waals surface area contributed by atoms with Gasteiger partial charge in [-0.2, -0.15) is 5.10 Å². The summed E-state index contributed by atoms with van der Waals surface area (Å²) in [6.07, 6.45) is 2.52. The Labute approximate surface area is 195 Å². The van der Waals surface area contributed by atoms with Crippen LogP contribution in [0.2, 0.25) is 0 Å². The van der Waals surface area contributed by atoms with Crippen LogP contribution in [0.1, 0.15) is 25.3 Å². The maximum Gasteiger partial charge on any atom is 0.332 e. The van der Waals surface area contributed by atoms with Crippen LogP contribution in [0.15, 0.2) is 24.4 Å². The van der Waals surface area contributed by atoms with E-state index in [0.717, 1.165) is 56.7 Å². The number of urea groups is 1. The number of aliphatic hydroxyl groups is 1. The Morgan fingerprint density at radius 1 is 1.29 bits per heavy atom. The van der Waals surface area contributed by atoms with Gasteiger partial charge in [0.05, 0.1) is 29.9 Å². The first-order valence-corrected chi connectivity index (χ1v) is 11.2. The highest BCUT2D eigenvalue weighted by Gasteiger charge is 2.24. The molecule has 6 N–H and O–H groups in total. The summed E-state index contributed by atoms with van der Waals surface area (Å²) in [5.41, 5.74) is 4.24. The van der Waals surface area contributed by atoms with Gasteiger partial charge in [-0.3, -0.25) is 10.00 Å². The molecule has 0 radical (unpaired) electrons. The van der Waals surface area contributed by atoms with E-state index in [0.29, 0.717) is 23.2 Å². The van der Waals surface area contributed by atoms with Crippen molar-refractivity contribution in [3.8, 4) is 11.5 Å². The molecule has 1 atom stereocenters. The van der Waals surface area contributed by atoms with Gasteiger partial charge in [0.15, 0.2) is 11.5 Å². The summed E-state index contributed by atoms with van der Waals surface area (Å²) >= 11 is 0. The van der Waals surface area contributed by atoms with E-state index in [4.69, 9.17) is 19.9 Å². The van der Waals surface area contributed by atoms with Crippen LogP contribution in [0.3, 0.4) is 0 Å². The number of carbonyl (C=O) groups excluding carboxylic acids is 1. The molecular formula is C22H29N7O5. The Bertz CT molecular complexity index is 1130. The average molecular weight is 472 g/mol. The SMILES string of the molecule is CC(O)C(=O)O.O=C(Nc1c[nH]nc1-c1nc2cc(CN3CCOCC3)ccc2[nH]1)NC1CC1. The molecule has 182 valence electrons. The van der Waals surface area contributed by atoms with Crippen molar-refractivity contribution in [3.05, 3.63) is 30.0 Å². The van der Waals surface area contributed by atoms with Crippen molar-refractivity contribution in [2.75, 3.05) is 31.6 Å². The summed E-state index contributed by atoms with van der Waals surface area (Å²) in [7, 11) is 0. The maximum atomic E-state index is 12.0. The Morgan fingerprint density at radius 2 is 2.03 bits per heavy atom. The van der Waals surface area contributed by atoms with Crippen molar-refractivity contribution in [2.45, 2.75) is 38.5 Å². The molecular weight excluding hydrogens is 442 g/mol. The number of rotatable bonds is 6. The molecule has 3 heterocycles. The van der Waals surface area contributed by atoms with E-state index < -0.39 is 12.1 Å². The molecule has 1 aromatic carbocycles. The molecule has 2 aromatic heterocycles. The molecule has 1 saturated carbocycles. The average Bonchev–Trinajstić information content (AvgIpc) is 3.33. The van der Waals surface area contributed by atoms with Gasteiger partial charge in [0.25, 0.3) is 0 Å². The molecule has 1 saturated heterocycles. The van der Waals surface area contributed by atoms with Gasteiger partial charge in [-0.25, -0.2) is 14.6 Å². The van der Waals surface area contributed by atoms with Crippen molar-refractivity contribution in [2.24, 2.45) is 0 Å². The van der Waals surface area contributed by atoms with E-state index >= 15 is 0 Å². The van der Waals surface area contributed by atoms with Gasteiger partial charge in [0.2, 0.25) is 0 Å². The Morgan fingerprint density at radius 3 is 2.71 bits per heavy atom. The summed E-state index contributed by atoms with van der Waals surface area (Å²) in [6.45, 7) is 5.57. The molecule has 2 aliphatic rings. The number of anilines is 1. The predicted molar refractivity (Wildman–Crippen MR) is 124 cm³/mol. The lowest BCUT2D eigenvalue weighted by atomic mass is 10.2. The minimum Gasteiger partial charge on any atom is -0.479 e. The quantitative estimate of drug-likeness (QED) is 0.314. The third kappa shape index (κ3) is 6.31. The van der Waals surface area contributed by atoms with Crippen LogP contribution in [0, 0.1) is 0 Å². The fourth-order valence-corrected chi connectivity index (χ4v) is 3.42. The molecule has 1 aliphatic heterocycles. The lowest BCUT2D eigenvalue weighted by molar-refractivity contribution is -0.145. The van der Waals surface area contributed by atoms with E-state index in [-0.39, 0.29) is 6.03 Å². The molecule has 3 aromatic rings. The van der Waals surface area contributed by atoms with Gasteiger partial charge >= 0.3 is 12.0 Å². The third-order valence-corrected chi connectivity index (χ3v) is 5.44. The highest BCUT2D eigenvalue weighted by atomic mass is 16.5. The van der Waals surface area contributed by atoms with Crippen LogP contribution in [-0.2, 0) is 16.1 Å². The van der Waals surface area contributed by atoms with Gasteiger partial charge in [-0.1, -0.05) is 6.07 Å². The number of aromatic nitrogens is 4. The molecule has 1 aliphatic carbocycles. The lowest BCUT2D eigenvalue weighted by Crippen LogP contribution is -2.35. The second-order valence-corrected chi connectivity index (χ2v) is 8.36. The van der Waals surface area contributed by atoms with Crippen molar-refractivity contribution < 1.29 is 24.5 Å². The minimum atomic E-state index is -1.23. The number of aliphatic carboxylic acids is 1. The zero-order valence-corrected chi connectivity index (χ0v) is 18.9. The van der Waals surface area contributed by atoms with Gasteiger partial charge in [-0.15, -0.1) is 0 Å². The number of benzene rings is 1. The number of hydrogen-bond acceptors (Lipinski definition) is 7. The van der Waals surface area contributed by atoms with Gasteiger partial charge in [-0.05, 0) is 37.5 Å².